The molecule has 0 unspecified atom stereocenters. The summed E-state index contributed by atoms with van der Waals surface area (Å²) in [6.45, 7) is 6.29. The van der Waals surface area contributed by atoms with Crippen LogP contribution in [-0.4, -0.2) is 56.0 Å². The highest BCUT2D eigenvalue weighted by molar-refractivity contribution is 7.89. The molecule has 0 saturated carbocycles. The Labute approximate surface area is 256 Å². The zero-order valence-electron chi connectivity index (χ0n) is 24.2. The fourth-order valence-corrected chi connectivity index (χ4v) is 4.82. The maximum atomic E-state index is 13.6. The molecule has 3 aromatic rings. The second-order valence-electron chi connectivity index (χ2n) is 10.5. The Morgan fingerprint density at radius 2 is 1.73 bits per heavy atom. The van der Waals surface area contributed by atoms with Crippen LogP contribution in [0.5, 0.6) is 11.5 Å². The number of pyridine rings is 1. The summed E-state index contributed by atoms with van der Waals surface area (Å²) in [7, 11) is -2.79. The molecule has 0 saturated heterocycles. The van der Waals surface area contributed by atoms with Gasteiger partial charge in [0.25, 0.3) is 15.9 Å². The molecule has 2 aromatic carbocycles. The third kappa shape index (κ3) is 9.27. The Morgan fingerprint density at radius 3 is 2.34 bits per heavy atom. The van der Waals surface area contributed by atoms with Crippen molar-refractivity contribution in [2.75, 3.05) is 25.5 Å². The van der Waals surface area contributed by atoms with E-state index in [1.807, 2.05) is 0 Å². The number of carbonyl (C=O) groups excluding carboxylic acids is 2. The maximum Gasteiger partial charge on any atom is 0.417 e. The highest BCUT2D eigenvalue weighted by atomic mass is 35.5. The summed E-state index contributed by atoms with van der Waals surface area (Å²) in [5.41, 5.74) is -2.26. The van der Waals surface area contributed by atoms with Crippen LogP contribution >= 0.6 is 11.6 Å². The summed E-state index contributed by atoms with van der Waals surface area (Å²) >= 11 is 5.86. The van der Waals surface area contributed by atoms with E-state index in [2.05, 4.69) is 15.0 Å². The fraction of sp³-hybridized carbons (Fsp3) is 0.321. The number of anilines is 1. The summed E-state index contributed by atoms with van der Waals surface area (Å²) in [6, 6.07) is 6.89. The van der Waals surface area contributed by atoms with Crippen LogP contribution in [0, 0.1) is 12.7 Å². The molecule has 0 aliphatic carbocycles. The molecule has 16 heteroatoms. The van der Waals surface area contributed by atoms with E-state index < -0.39 is 66.5 Å². The number of halogens is 5. The first-order chi connectivity index (χ1) is 20.3. The van der Waals surface area contributed by atoms with E-state index in [4.69, 9.17) is 21.1 Å². The van der Waals surface area contributed by atoms with E-state index in [0.717, 1.165) is 30.5 Å². The van der Waals surface area contributed by atoms with Crippen molar-refractivity contribution >= 4 is 39.3 Å². The predicted octanol–water partition coefficient (Wildman–Crippen LogP) is 6.39. The minimum absolute atomic E-state index is 0.0171. The normalized spacial score (nSPS) is 12.0. The zero-order chi connectivity index (χ0) is 33.0. The molecule has 0 bridgehead atoms. The van der Waals surface area contributed by atoms with Crippen LogP contribution in [0.3, 0.4) is 0 Å². The molecule has 0 radical (unpaired) electrons. The number of likely N-dealkylation sites (N-methyl/N-ethyl adjacent to an activating group) is 1. The largest absolute Gasteiger partial charge is 0.456 e. The van der Waals surface area contributed by atoms with E-state index >= 15 is 0 Å². The molecule has 10 nitrogen and oxygen atoms in total. The van der Waals surface area contributed by atoms with Gasteiger partial charge in [0.2, 0.25) is 0 Å². The molecule has 0 spiro atoms. The number of aryl methyl sites for hydroxylation is 1. The second kappa shape index (κ2) is 13.4. The van der Waals surface area contributed by atoms with Gasteiger partial charge >= 0.3 is 12.3 Å². The van der Waals surface area contributed by atoms with E-state index in [9.17, 15) is 35.6 Å². The van der Waals surface area contributed by atoms with Gasteiger partial charge in [-0.1, -0.05) is 11.6 Å². The highest BCUT2D eigenvalue weighted by Crippen LogP contribution is 2.40. The maximum absolute atomic E-state index is 13.6. The number of nitrogens with one attached hydrogen (secondary N) is 2. The zero-order valence-corrected chi connectivity index (χ0v) is 25.7. The van der Waals surface area contributed by atoms with Crippen molar-refractivity contribution in [2.45, 2.75) is 44.5 Å². The minimum Gasteiger partial charge on any atom is -0.456 e. The summed E-state index contributed by atoms with van der Waals surface area (Å²) < 4.78 is 93.0. The van der Waals surface area contributed by atoms with Crippen LogP contribution in [0.4, 0.5) is 28.0 Å². The predicted molar refractivity (Wildman–Crippen MR) is 154 cm³/mol. The number of hydrogen-bond donors (Lipinski definition) is 2. The number of rotatable bonds is 9. The molecule has 3 rings (SSSR count). The molecule has 0 fully saturated rings. The van der Waals surface area contributed by atoms with Gasteiger partial charge in [-0.05, 0) is 69.7 Å². The van der Waals surface area contributed by atoms with Gasteiger partial charge < -0.3 is 19.7 Å². The van der Waals surface area contributed by atoms with Crippen LogP contribution in [0.25, 0.3) is 0 Å². The number of sulfonamides is 1. The van der Waals surface area contributed by atoms with Crippen molar-refractivity contribution in [2.24, 2.45) is 0 Å². The van der Waals surface area contributed by atoms with Crippen LogP contribution in [0.15, 0.2) is 53.7 Å². The molecular weight excluding hydrogens is 632 g/mol. The average molecular weight is 661 g/mol. The summed E-state index contributed by atoms with van der Waals surface area (Å²) in [5.74, 6) is -2.15. The van der Waals surface area contributed by atoms with Crippen LogP contribution in [-0.2, 0) is 20.9 Å². The molecule has 2 amide bonds. The van der Waals surface area contributed by atoms with Crippen molar-refractivity contribution in [1.29, 1.82) is 0 Å². The van der Waals surface area contributed by atoms with Crippen LogP contribution in [0.2, 0.25) is 5.02 Å². The summed E-state index contributed by atoms with van der Waals surface area (Å²) in [5, 5.41) is 1.12. The lowest BCUT2D eigenvalue weighted by Crippen LogP contribution is -2.39. The molecule has 0 aliphatic rings. The molecule has 0 aliphatic heterocycles. The number of amides is 2. The lowest BCUT2D eigenvalue weighted by molar-refractivity contribution is -0.137. The van der Waals surface area contributed by atoms with E-state index in [-0.39, 0.29) is 30.1 Å². The number of ether oxygens (including phenoxy) is 2. The molecule has 2 N–H and O–H groups in total. The standard InChI is InChI=1S/C28H29ClF4N4O6S/c1-16-12-17(30)6-7-22(16)42-23-15-20(28(31,32)33)21(29)14-19(23)25(38)36-18-8-9-34-24(13-18)44(40,41)35-10-11-37(5)26(39)43-27(2,3)4/h6-9,12-15,35H,10-11H2,1-5H3,(H,34,36,38). The third-order valence-electron chi connectivity index (χ3n) is 5.69. The second-order valence-corrected chi connectivity index (χ2v) is 12.6. The first kappa shape index (κ1) is 34.5. The van der Waals surface area contributed by atoms with Gasteiger partial charge in [0.05, 0.1) is 16.1 Å². The molecule has 1 aromatic heterocycles. The molecule has 0 atom stereocenters. The van der Waals surface area contributed by atoms with Crippen molar-refractivity contribution in [1.82, 2.24) is 14.6 Å². The van der Waals surface area contributed by atoms with E-state index in [1.165, 1.54) is 31.0 Å². The topological polar surface area (TPSA) is 127 Å². The molecule has 44 heavy (non-hydrogen) atoms. The smallest absolute Gasteiger partial charge is 0.417 e. The molecule has 238 valence electrons. The highest BCUT2D eigenvalue weighted by Gasteiger charge is 2.35. The molecule has 1 heterocycles. The van der Waals surface area contributed by atoms with E-state index in [1.54, 1.807) is 20.8 Å². The van der Waals surface area contributed by atoms with Gasteiger partial charge in [0.15, 0.2) is 5.03 Å². The average Bonchev–Trinajstić information content (AvgIpc) is 2.89. The first-order valence-electron chi connectivity index (χ1n) is 12.8. The Bertz CT molecular complexity index is 1660. The van der Waals surface area contributed by atoms with E-state index in [0.29, 0.717) is 6.07 Å². The first-order valence-corrected chi connectivity index (χ1v) is 14.7. The SMILES string of the molecule is Cc1cc(F)ccc1Oc1cc(C(F)(F)F)c(Cl)cc1C(=O)Nc1ccnc(S(=O)(=O)NCCN(C)C(=O)OC(C)(C)C)c1. The number of benzene rings is 2. The Morgan fingerprint density at radius 1 is 1.05 bits per heavy atom. The van der Waals surface area contributed by atoms with Gasteiger partial charge in [-0.15, -0.1) is 0 Å². The number of hydrogen-bond acceptors (Lipinski definition) is 7. The van der Waals surface area contributed by atoms with Gasteiger partial charge in [0.1, 0.15) is 22.9 Å². The summed E-state index contributed by atoms with van der Waals surface area (Å²) in [4.78, 5) is 30.3. The Balaban J connectivity index is 1.82. The third-order valence-corrected chi connectivity index (χ3v) is 7.36. The monoisotopic (exact) mass is 660 g/mol. The fourth-order valence-electron chi connectivity index (χ4n) is 3.56. The minimum atomic E-state index is -4.88. The van der Waals surface area contributed by atoms with Crippen LogP contribution < -0.4 is 14.8 Å². The van der Waals surface area contributed by atoms with Crippen molar-refractivity contribution < 1.29 is 45.0 Å². The Hall–Kier alpha value is -3.95. The lowest BCUT2D eigenvalue weighted by Gasteiger charge is -2.24. The summed E-state index contributed by atoms with van der Waals surface area (Å²) in [6.07, 6.45) is -4.44. The van der Waals surface area contributed by atoms with Crippen LogP contribution in [0.1, 0.15) is 42.3 Å². The number of aromatic nitrogens is 1. The number of carbonyl (C=O) groups is 2. The van der Waals surface area contributed by atoms with Crippen molar-refractivity contribution in [3.05, 3.63) is 76.2 Å². The van der Waals surface area contributed by atoms with Gasteiger partial charge in [0, 0.05) is 38.1 Å². The quantitative estimate of drug-likeness (QED) is 0.255. The number of nitrogens with zero attached hydrogens (tertiary/aromatic N) is 2. The van der Waals surface area contributed by atoms with Gasteiger partial charge in [-0.2, -0.15) is 13.2 Å². The van der Waals surface area contributed by atoms with Crippen molar-refractivity contribution in [3.8, 4) is 11.5 Å². The lowest BCUT2D eigenvalue weighted by atomic mass is 10.1. The van der Waals surface area contributed by atoms with Gasteiger partial charge in [-0.3, -0.25) is 4.79 Å². The van der Waals surface area contributed by atoms with Gasteiger partial charge in [-0.25, -0.2) is 27.3 Å². The van der Waals surface area contributed by atoms with Crippen molar-refractivity contribution in [3.63, 3.8) is 0 Å². The Kier molecular flexibility index (Phi) is 10.5. The number of alkyl halides is 3. The molecular formula is C28H29ClF4N4O6S.